The zero-order valence-electron chi connectivity index (χ0n) is 15.6. The van der Waals surface area contributed by atoms with Crippen molar-refractivity contribution >= 4 is 5.97 Å². The Morgan fingerprint density at radius 1 is 1.04 bits per heavy atom. The van der Waals surface area contributed by atoms with Crippen molar-refractivity contribution < 1.29 is 14.1 Å². The zero-order chi connectivity index (χ0) is 18.7. The second-order valence-electron chi connectivity index (χ2n) is 7.35. The van der Waals surface area contributed by atoms with Crippen molar-refractivity contribution in [1.29, 1.82) is 0 Å². The molecule has 0 bridgehead atoms. The van der Waals surface area contributed by atoms with Gasteiger partial charge in [-0.2, -0.15) is 0 Å². The van der Waals surface area contributed by atoms with Crippen LogP contribution in [-0.2, 0) is 16.8 Å². The van der Waals surface area contributed by atoms with Gasteiger partial charge >= 0.3 is 5.97 Å². The Labute approximate surface area is 153 Å². The standard InChI is InChI=1S/C22H23NO3/c1-15-19(20(23-26-15)17-8-6-5-7-9-17)21(24)25-14-16-10-12-18(13-11-16)22(2,3)4/h5-13H,14H2,1-4H3. The summed E-state index contributed by atoms with van der Waals surface area (Å²) in [7, 11) is 0. The molecule has 0 fully saturated rings. The lowest BCUT2D eigenvalue weighted by molar-refractivity contribution is 0.0471. The summed E-state index contributed by atoms with van der Waals surface area (Å²) < 4.78 is 10.7. The third kappa shape index (κ3) is 3.85. The average molecular weight is 349 g/mol. The lowest BCUT2D eigenvalue weighted by atomic mass is 9.87. The monoisotopic (exact) mass is 349 g/mol. The van der Waals surface area contributed by atoms with E-state index >= 15 is 0 Å². The molecule has 134 valence electrons. The minimum absolute atomic E-state index is 0.0966. The zero-order valence-corrected chi connectivity index (χ0v) is 15.6. The molecule has 0 aliphatic heterocycles. The first-order valence-corrected chi connectivity index (χ1v) is 8.64. The van der Waals surface area contributed by atoms with E-state index in [9.17, 15) is 4.79 Å². The van der Waals surface area contributed by atoms with Gasteiger partial charge in [-0.1, -0.05) is 80.5 Å². The van der Waals surface area contributed by atoms with Crippen LogP contribution < -0.4 is 0 Å². The number of aryl methyl sites for hydroxylation is 1. The van der Waals surface area contributed by atoms with Crippen molar-refractivity contribution in [2.75, 3.05) is 0 Å². The molecule has 4 heteroatoms. The number of hydrogen-bond donors (Lipinski definition) is 0. The van der Waals surface area contributed by atoms with Crippen LogP contribution in [0.1, 0.15) is 48.0 Å². The molecule has 0 atom stereocenters. The van der Waals surface area contributed by atoms with Crippen LogP contribution in [-0.4, -0.2) is 11.1 Å². The molecule has 0 amide bonds. The van der Waals surface area contributed by atoms with E-state index in [1.807, 2.05) is 42.5 Å². The number of benzene rings is 2. The van der Waals surface area contributed by atoms with E-state index in [2.05, 4.69) is 38.1 Å². The number of aromatic nitrogens is 1. The van der Waals surface area contributed by atoms with Crippen LogP contribution in [0.15, 0.2) is 59.1 Å². The van der Waals surface area contributed by atoms with Crippen molar-refractivity contribution in [2.24, 2.45) is 0 Å². The molecule has 2 aromatic carbocycles. The molecular weight excluding hydrogens is 326 g/mol. The third-order valence-electron chi connectivity index (χ3n) is 4.30. The predicted octanol–water partition coefficient (Wildman–Crippen LogP) is 5.30. The summed E-state index contributed by atoms with van der Waals surface area (Å²) in [5.74, 6) is 0.0273. The van der Waals surface area contributed by atoms with Gasteiger partial charge in [0.25, 0.3) is 0 Å². The van der Waals surface area contributed by atoms with Crippen LogP contribution >= 0.6 is 0 Å². The molecule has 1 heterocycles. The highest BCUT2D eigenvalue weighted by Crippen LogP contribution is 2.26. The third-order valence-corrected chi connectivity index (χ3v) is 4.30. The molecule has 26 heavy (non-hydrogen) atoms. The van der Waals surface area contributed by atoms with E-state index in [1.54, 1.807) is 6.92 Å². The van der Waals surface area contributed by atoms with Crippen molar-refractivity contribution in [3.8, 4) is 11.3 Å². The first kappa shape index (κ1) is 17.9. The van der Waals surface area contributed by atoms with Crippen molar-refractivity contribution in [1.82, 2.24) is 5.16 Å². The molecule has 3 aromatic rings. The summed E-state index contributed by atoms with van der Waals surface area (Å²) in [5.41, 5.74) is 4.00. The number of rotatable bonds is 4. The number of hydrogen-bond acceptors (Lipinski definition) is 4. The first-order valence-electron chi connectivity index (χ1n) is 8.64. The lowest BCUT2D eigenvalue weighted by Gasteiger charge is -2.19. The minimum atomic E-state index is -0.428. The Bertz CT molecular complexity index is 887. The minimum Gasteiger partial charge on any atom is -0.457 e. The number of carbonyl (C=O) groups excluding carboxylic acids is 1. The summed E-state index contributed by atoms with van der Waals surface area (Å²) in [5, 5.41) is 4.02. The molecule has 0 saturated heterocycles. The van der Waals surface area contributed by atoms with Gasteiger partial charge in [0.1, 0.15) is 23.6 Å². The Morgan fingerprint density at radius 2 is 1.69 bits per heavy atom. The average Bonchev–Trinajstić information content (AvgIpc) is 3.02. The van der Waals surface area contributed by atoms with Gasteiger partial charge in [-0.25, -0.2) is 4.79 Å². The Hall–Kier alpha value is -2.88. The van der Waals surface area contributed by atoms with Gasteiger partial charge in [0.05, 0.1) is 0 Å². The molecule has 0 saturated carbocycles. The van der Waals surface area contributed by atoms with E-state index in [0.717, 1.165) is 11.1 Å². The molecule has 4 nitrogen and oxygen atoms in total. The smallest absolute Gasteiger partial charge is 0.344 e. The quantitative estimate of drug-likeness (QED) is 0.599. The van der Waals surface area contributed by atoms with Gasteiger partial charge in [0.2, 0.25) is 0 Å². The van der Waals surface area contributed by atoms with Gasteiger partial charge in [0.15, 0.2) is 0 Å². The van der Waals surface area contributed by atoms with Crippen LogP contribution in [0.4, 0.5) is 0 Å². The van der Waals surface area contributed by atoms with E-state index in [0.29, 0.717) is 17.0 Å². The molecule has 1 aromatic heterocycles. The molecule has 0 aliphatic rings. The molecule has 0 spiro atoms. The van der Waals surface area contributed by atoms with Crippen LogP contribution in [0.5, 0.6) is 0 Å². The number of nitrogens with zero attached hydrogens (tertiary/aromatic N) is 1. The largest absolute Gasteiger partial charge is 0.457 e. The fourth-order valence-corrected chi connectivity index (χ4v) is 2.73. The molecule has 0 unspecified atom stereocenters. The maximum atomic E-state index is 12.6. The topological polar surface area (TPSA) is 52.3 Å². The van der Waals surface area contributed by atoms with Crippen molar-refractivity contribution in [3.05, 3.63) is 77.0 Å². The molecule has 3 rings (SSSR count). The highest BCUT2D eigenvalue weighted by molar-refractivity contribution is 5.97. The van der Waals surface area contributed by atoms with Crippen LogP contribution in [0.25, 0.3) is 11.3 Å². The summed E-state index contributed by atoms with van der Waals surface area (Å²) in [6.45, 7) is 8.43. The highest BCUT2D eigenvalue weighted by Gasteiger charge is 2.23. The maximum absolute atomic E-state index is 12.6. The van der Waals surface area contributed by atoms with Crippen LogP contribution in [0, 0.1) is 6.92 Å². The number of carbonyl (C=O) groups is 1. The normalized spacial score (nSPS) is 11.4. The highest BCUT2D eigenvalue weighted by atomic mass is 16.5. The van der Waals surface area contributed by atoms with E-state index in [1.165, 1.54) is 5.56 Å². The summed E-state index contributed by atoms with van der Waals surface area (Å²) >= 11 is 0. The summed E-state index contributed by atoms with van der Waals surface area (Å²) in [4.78, 5) is 12.6. The van der Waals surface area contributed by atoms with Gasteiger partial charge < -0.3 is 9.26 Å². The van der Waals surface area contributed by atoms with E-state index in [4.69, 9.17) is 9.26 Å². The van der Waals surface area contributed by atoms with Crippen molar-refractivity contribution in [2.45, 2.75) is 39.7 Å². The Morgan fingerprint density at radius 3 is 2.31 bits per heavy atom. The van der Waals surface area contributed by atoms with Crippen molar-refractivity contribution in [3.63, 3.8) is 0 Å². The Kier molecular flexibility index (Phi) is 4.94. The van der Waals surface area contributed by atoms with Gasteiger partial charge in [-0.15, -0.1) is 0 Å². The second kappa shape index (κ2) is 7.16. The van der Waals surface area contributed by atoms with Gasteiger partial charge in [-0.3, -0.25) is 0 Å². The first-order chi connectivity index (χ1) is 12.4. The van der Waals surface area contributed by atoms with Crippen LogP contribution in [0.3, 0.4) is 0 Å². The fourth-order valence-electron chi connectivity index (χ4n) is 2.73. The summed E-state index contributed by atoms with van der Waals surface area (Å²) in [6, 6.07) is 17.6. The molecule has 0 radical (unpaired) electrons. The summed E-state index contributed by atoms with van der Waals surface area (Å²) in [6.07, 6.45) is 0. The van der Waals surface area contributed by atoms with E-state index in [-0.39, 0.29) is 12.0 Å². The Balaban J connectivity index is 1.74. The predicted molar refractivity (Wildman–Crippen MR) is 101 cm³/mol. The molecule has 0 aliphatic carbocycles. The molecular formula is C22H23NO3. The van der Waals surface area contributed by atoms with E-state index < -0.39 is 5.97 Å². The number of ether oxygens (including phenoxy) is 1. The fraction of sp³-hybridized carbons (Fsp3) is 0.273. The molecule has 0 N–H and O–H groups in total. The van der Waals surface area contributed by atoms with Gasteiger partial charge in [0, 0.05) is 5.56 Å². The number of esters is 1. The van der Waals surface area contributed by atoms with Gasteiger partial charge in [-0.05, 0) is 23.5 Å². The SMILES string of the molecule is Cc1onc(-c2ccccc2)c1C(=O)OCc1ccc(C(C)(C)C)cc1. The second-order valence-corrected chi connectivity index (χ2v) is 7.35. The van der Waals surface area contributed by atoms with Crippen LogP contribution in [0.2, 0.25) is 0 Å². The maximum Gasteiger partial charge on any atom is 0.344 e. The lowest BCUT2D eigenvalue weighted by Crippen LogP contribution is -2.11.